The summed E-state index contributed by atoms with van der Waals surface area (Å²) in [6, 6.07) is 9.56. The van der Waals surface area contributed by atoms with Crippen molar-refractivity contribution in [2.24, 2.45) is 11.7 Å². The van der Waals surface area contributed by atoms with Gasteiger partial charge >= 0.3 is 0 Å². The molecule has 1 aromatic rings. The SMILES string of the molecule is CC(C)CCC(=O)Nc1ccccc1.CN. The largest absolute Gasteiger partial charge is 0.333 e. The smallest absolute Gasteiger partial charge is 0.224 e. The lowest BCUT2D eigenvalue weighted by atomic mass is 10.1. The maximum absolute atomic E-state index is 11.4. The molecule has 0 spiro atoms. The Morgan fingerprint density at radius 3 is 2.31 bits per heavy atom. The summed E-state index contributed by atoms with van der Waals surface area (Å²) < 4.78 is 0. The summed E-state index contributed by atoms with van der Waals surface area (Å²) in [5, 5.41) is 2.86. The molecule has 16 heavy (non-hydrogen) atoms. The highest BCUT2D eigenvalue weighted by Gasteiger charge is 2.02. The van der Waals surface area contributed by atoms with Gasteiger partial charge in [0.1, 0.15) is 0 Å². The molecule has 0 saturated carbocycles. The van der Waals surface area contributed by atoms with Crippen molar-refractivity contribution in [3.8, 4) is 0 Å². The maximum Gasteiger partial charge on any atom is 0.224 e. The fourth-order valence-electron chi connectivity index (χ4n) is 1.16. The highest BCUT2D eigenvalue weighted by molar-refractivity contribution is 5.90. The predicted octanol–water partition coefficient (Wildman–Crippen LogP) is 2.64. The third kappa shape index (κ3) is 7.01. The van der Waals surface area contributed by atoms with Gasteiger partial charge in [-0.15, -0.1) is 0 Å². The van der Waals surface area contributed by atoms with Crippen LogP contribution in [-0.4, -0.2) is 13.0 Å². The zero-order valence-electron chi connectivity index (χ0n) is 10.4. The van der Waals surface area contributed by atoms with E-state index in [1.165, 1.54) is 7.05 Å². The van der Waals surface area contributed by atoms with Crippen LogP contribution in [0.5, 0.6) is 0 Å². The Morgan fingerprint density at radius 1 is 1.25 bits per heavy atom. The average Bonchev–Trinajstić information content (AvgIpc) is 2.30. The van der Waals surface area contributed by atoms with Gasteiger partial charge in [-0.1, -0.05) is 32.0 Å². The number of amides is 1. The van der Waals surface area contributed by atoms with Gasteiger partial charge in [-0.3, -0.25) is 4.79 Å². The second-order valence-corrected chi connectivity index (χ2v) is 3.85. The van der Waals surface area contributed by atoms with Crippen LogP contribution >= 0.6 is 0 Å². The van der Waals surface area contributed by atoms with Crippen molar-refractivity contribution in [3.63, 3.8) is 0 Å². The Labute approximate surface area is 98.0 Å². The van der Waals surface area contributed by atoms with Crippen molar-refractivity contribution in [2.75, 3.05) is 12.4 Å². The van der Waals surface area contributed by atoms with Crippen molar-refractivity contribution >= 4 is 11.6 Å². The molecular formula is C13H22N2O. The highest BCUT2D eigenvalue weighted by atomic mass is 16.1. The van der Waals surface area contributed by atoms with E-state index in [0.29, 0.717) is 12.3 Å². The van der Waals surface area contributed by atoms with Crippen LogP contribution in [0, 0.1) is 5.92 Å². The predicted molar refractivity (Wildman–Crippen MR) is 69.3 cm³/mol. The average molecular weight is 222 g/mol. The van der Waals surface area contributed by atoms with Gasteiger partial charge in [-0.2, -0.15) is 0 Å². The first-order valence-electron chi connectivity index (χ1n) is 5.61. The van der Waals surface area contributed by atoms with E-state index >= 15 is 0 Å². The molecule has 3 heteroatoms. The second-order valence-electron chi connectivity index (χ2n) is 3.85. The van der Waals surface area contributed by atoms with E-state index in [-0.39, 0.29) is 5.91 Å². The van der Waals surface area contributed by atoms with Crippen LogP contribution in [0.4, 0.5) is 5.69 Å². The number of rotatable bonds is 4. The molecule has 3 N–H and O–H groups in total. The van der Waals surface area contributed by atoms with Gasteiger partial charge in [0.2, 0.25) is 5.91 Å². The molecular weight excluding hydrogens is 200 g/mol. The molecule has 0 bridgehead atoms. The first-order valence-corrected chi connectivity index (χ1v) is 5.61. The summed E-state index contributed by atoms with van der Waals surface area (Å²) in [5.74, 6) is 0.682. The third-order valence-corrected chi connectivity index (χ3v) is 2.01. The molecule has 0 aromatic heterocycles. The Bertz CT molecular complexity index is 283. The topological polar surface area (TPSA) is 55.1 Å². The van der Waals surface area contributed by atoms with E-state index in [2.05, 4.69) is 24.9 Å². The molecule has 0 radical (unpaired) electrons. The van der Waals surface area contributed by atoms with Crippen LogP contribution in [0.1, 0.15) is 26.7 Å². The van der Waals surface area contributed by atoms with Crippen molar-refractivity contribution in [3.05, 3.63) is 30.3 Å². The van der Waals surface area contributed by atoms with Gasteiger partial charge < -0.3 is 11.1 Å². The van der Waals surface area contributed by atoms with Crippen LogP contribution in [0.2, 0.25) is 0 Å². The van der Waals surface area contributed by atoms with E-state index in [1.54, 1.807) is 0 Å². The molecule has 0 heterocycles. The molecule has 1 amide bonds. The normalized spacial score (nSPS) is 9.31. The van der Waals surface area contributed by atoms with Gasteiger partial charge in [0.05, 0.1) is 0 Å². The molecule has 1 rings (SSSR count). The van der Waals surface area contributed by atoms with Gasteiger partial charge in [0.25, 0.3) is 0 Å². The lowest BCUT2D eigenvalue weighted by molar-refractivity contribution is -0.116. The van der Waals surface area contributed by atoms with Gasteiger partial charge in [-0.25, -0.2) is 0 Å². The monoisotopic (exact) mass is 222 g/mol. The summed E-state index contributed by atoms with van der Waals surface area (Å²) in [6.07, 6.45) is 1.55. The van der Waals surface area contributed by atoms with Crippen LogP contribution in [-0.2, 0) is 4.79 Å². The number of carbonyl (C=O) groups is 1. The van der Waals surface area contributed by atoms with Crippen molar-refractivity contribution in [1.29, 1.82) is 0 Å². The molecule has 0 saturated heterocycles. The standard InChI is InChI=1S/C12H17NO.CH5N/c1-10(2)8-9-12(14)13-11-6-4-3-5-7-11;1-2/h3-7,10H,8-9H2,1-2H3,(H,13,14);2H2,1H3. The van der Waals surface area contributed by atoms with E-state index in [1.807, 2.05) is 30.3 Å². The van der Waals surface area contributed by atoms with E-state index in [4.69, 9.17) is 0 Å². The summed E-state index contributed by atoms with van der Waals surface area (Å²) in [7, 11) is 1.50. The summed E-state index contributed by atoms with van der Waals surface area (Å²) in [5.41, 5.74) is 5.38. The summed E-state index contributed by atoms with van der Waals surface area (Å²) in [6.45, 7) is 4.24. The summed E-state index contributed by atoms with van der Waals surface area (Å²) >= 11 is 0. The molecule has 0 aliphatic carbocycles. The number of nitrogens with two attached hydrogens (primary N) is 1. The van der Waals surface area contributed by atoms with Gasteiger partial charge in [0, 0.05) is 12.1 Å². The third-order valence-electron chi connectivity index (χ3n) is 2.01. The molecule has 0 atom stereocenters. The molecule has 3 nitrogen and oxygen atoms in total. The van der Waals surface area contributed by atoms with Crippen molar-refractivity contribution in [2.45, 2.75) is 26.7 Å². The number of nitrogens with one attached hydrogen (secondary N) is 1. The summed E-state index contributed by atoms with van der Waals surface area (Å²) in [4.78, 5) is 11.4. The number of benzene rings is 1. The molecule has 0 aliphatic heterocycles. The Balaban J connectivity index is 0.00000106. The molecule has 1 aromatic carbocycles. The second kappa shape index (κ2) is 8.92. The number of para-hydroxylation sites is 1. The quantitative estimate of drug-likeness (QED) is 0.822. The lowest BCUT2D eigenvalue weighted by Crippen LogP contribution is -2.11. The number of anilines is 1. The lowest BCUT2D eigenvalue weighted by Gasteiger charge is -2.06. The van der Waals surface area contributed by atoms with Crippen LogP contribution in [0.3, 0.4) is 0 Å². The van der Waals surface area contributed by atoms with E-state index < -0.39 is 0 Å². The van der Waals surface area contributed by atoms with Crippen molar-refractivity contribution < 1.29 is 4.79 Å². The zero-order valence-corrected chi connectivity index (χ0v) is 10.4. The Kier molecular flexibility index (Phi) is 8.17. The van der Waals surface area contributed by atoms with Crippen LogP contribution in [0.25, 0.3) is 0 Å². The minimum absolute atomic E-state index is 0.102. The number of carbonyl (C=O) groups excluding carboxylic acids is 1. The zero-order chi connectivity index (χ0) is 12.4. The first kappa shape index (κ1) is 14.6. The number of hydrogen-bond donors (Lipinski definition) is 2. The fourth-order valence-corrected chi connectivity index (χ4v) is 1.16. The van der Waals surface area contributed by atoms with Crippen LogP contribution in [0.15, 0.2) is 30.3 Å². The molecule has 0 aliphatic rings. The Morgan fingerprint density at radius 2 is 1.81 bits per heavy atom. The minimum atomic E-state index is 0.102. The molecule has 0 unspecified atom stereocenters. The fraction of sp³-hybridized carbons (Fsp3) is 0.462. The molecule has 90 valence electrons. The van der Waals surface area contributed by atoms with E-state index in [0.717, 1.165) is 12.1 Å². The van der Waals surface area contributed by atoms with E-state index in [9.17, 15) is 4.79 Å². The Hall–Kier alpha value is -1.35. The van der Waals surface area contributed by atoms with Crippen molar-refractivity contribution in [1.82, 2.24) is 0 Å². The molecule has 0 fully saturated rings. The minimum Gasteiger partial charge on any atom is -0.333 e. The number of hydrogen-bond acceptors (Lipinski definition) is 2. The maximum atomic E-state index is 11.4. The van der Waals surface area contributed by atoms with Gasteiger partial charge in [0.15, 0.2) is 0 Å². The highest BCUT2D eigenvalue weighted by Crippen LogP contribution is 2.08. The van der Waals surface area contributed by atoms with Crippen LogP contribution < -0.4 is 11.1 Å². The first-order chi connectivity index (χ1) is 7.68. The van der Waals surface area contributed by atoms with Gasteiger partial charge in [-0.05, 0) is 31.5 Å².